The number of benzene rings is 3. The topological polar surface area (TPSA) is 17.0 Å². The van der Waals surface area contributed by atoms with Gasteiger partial charge in [-0.1, -0.05) is 48.5 Å². The van der Waals surface area contributed by atoms with Gasteiger partial charge in [0.1, 0.15) is 18.2 Å². The van der Waals surface area contributed by atoms with Crippen LogP contribution in [0.3, 0.4) is 0 Å². The van der Waals surface area contributed by atoms with Gasteiger partial charge in [-0.25, -0.2) is 4.57 Å². The number of aryl methyl sites for hydroxylation is 2. The smallest absolute Gasteiger partial charge is 0.216 e. The zero-order valence-electron chi connectivity index (χ0n) is 15.4. The van der Waals surface area contributed by atoms with Crippen LogP contribution in [0.2, 0.25) is 0 Å². The lowest BCUT2D eigenvalue weighted by atomic mass is 9.92. The summed E-state index contributed by atoms with van der Waals surface area (Å²) in [5, 5.41) is 2.34. The highest BCUT2D eigenvalue weighted by Crippen LogP contribution is 2.42. The molecule has 0 spiro atoms. The monoisotopic (exact) mass is 350 g/mol. The first-order valence-corrected chi connectivity index (χ1v) is 9.19. The van der Waals surface area contributed by atoms with Crippen molar-refractivity contribution in [3.63, 3.8) is 0 Å². The number of hydrogen-bond acceptors (Lipinski definition) is 1. The average Bonchev–Trinajstić information content (AvgIpc) is 3.08. The highest BCUT2D eigenvalue weighted by Gasteiger charge is 2.23. The Morgan fingerprint density at radius 1 is 0.815 bits per heavy atom. The van der Waals surface area contributed by atoms with Gasteiger partial charge in [0, 0.05) is 22.9 Å². The minimum atomic E-state index is 0.926. The van der Waals surface area contributed by atoms with Crippen LogP contribution in [-0.2, 0) is 7.05 Å². The van der Waals surface area contributed by atoms with E-state index in [2.05, 4.69) is 85.4 Å². The third kappa shape index (κ3) is 2.45. The van der Waals surface area contributed by atoms with E-state index in [1.165, 1.54) is 22.1 Å². The maximum absolute atomic E-state index is 6.42. The zero-order valence-corrected chi connectivity index (χ0v) is 15.4. The van der Waals surface area contributed by atoms with Crippen molar-refractivity contribution < 1.29 is 8.98 Å². The first-order chi connectivity index (χ1) is 13.2. The van der Waals surface area contributed by atoms with E-state index in [0.717, 1.165) is 27.8 Å². The van der Waals surface area contributed by atoms with Crippen LogP contribution >= 0.6 is 0 Å². The molecule has 2 heteroatoms. The molecule has 0 radical (unpaired) electrons. The predicted molar refractivity (Wildman–Crippen MR) is 111 cm³/mol. The summed E-state index contributed by atoms with van der Waals surface area (Å²) in [5.74, 6) is 0. The Bertz CT molecular complexity index is 1280. The Balaban J connectivity index is 1.98. The molecule has 2 aromatic heterocycles. The van der Waals surface area contributed by atoms with Crippen LogP contribution < -0.4 is 4.57 Å². The maximum atomic E-state index is 6.42. The van der Waals surface area contributed by atoms with Gasteiger partial charge in [-0.05, 0) is 41.8 Å². The summed E-state index contributed by atoms with van der Waals surface area (Å²) in [4.78, 5) is 0. The number of pyridine rings is 1. The molecule has 5 aromatic rings. The minimum absolute atomic E-state index is 0.926. The molecule has 0 bridgehead atoms. The Labute approximate surface area is 158 Å². The van der Waals surface area contributed by atoms with E-state index >= 15 is 0 Å². The average molecular weight is 350 g/mol. The molecule has 130 valence electrons. The molecule has 0 N–H and O–H groups in total. The van der Waals surface area contributed by atoms with E-state index in [0.29, 0.717) is 0 Å². The number of fused-ring (bicyclic) bond motifs is 3. The lowest BCUT2D eigenvalue weighted by Gasteiger charge is -2.10. The summed E-state index contributed by atoms with van der Waals surface area (Å²) in [6, 6.07) is 27.4. The molecular formula is C25H20NO+. The summed E-state index contributed by atoms with van der Waals surface area (Å²) in [6.45, 7) is 2.17. The molecule has 0 fully saturated rings. The lowest BCUT2D eigenvalue weighted by Crippen LogP contribution is -2.30. The Kier molecular flexibility index (Phi) is 3.58. The SMILES string of the molecule is Cc1cc(-c2ccccc2)c2c(oc3ccccc32)c1-c1cccc[n+]1C. The van der Waals surface area contributed by atoms with Gasteiger partial charge in [0.15, 0.2) is 6.20 Å². The van der Waals surface area contributed by atoms with Gasteiger partial charge in [-0.2, -0.15) is 0 Å². The molecular weight excluding hydrogens is 330 g/mol. The molecule has 0 aliphatic carbocycles. The third-order valence-electron chi connectivity index (χ3n) is 5.24. The predicted octanol–water partition coefficient (Wildman–Crippen LogP) is 6.05. The second kappa shape index (κ2) is 6.10. The molecule has 5 rings (SSSR count). The third-order valence-corrected chi connectivity index (χ3v) is 5.24. The van der Waals surface area contributed by atoms with E-state index < -0.39 is 0 Å². The highest BCUT2D eigenvalue weighted by molar-refractivity contribution is 6.16. The molecule has 0 aliphatic rings. The van der Waals surface area contributed by atoms with Gasteiger partial charge in [-0.15, -0.1) is 0 Å². The highest BCUT2D eigenvalue weighted by atomic mass is 16.3. The first-order valence-electron chi connectivity index (χ1n) is 9.19. The van der Waals surface area contributed by atoms with Gasteiger partial charge in [0.2, 0.25) is 5.69 Å². The van der Waals surface area contributed by atoms with Crippen LogP contribution in [0.4, 0.5) is 0 Å². The number of nitrogens with zero attached hydrogens (tertiary/aromatic N) is 1. The molecule has 27 heavy (non-hydrogen) atoms. The van der Waals surface area contributed by atoms with Crippen molar-refractivity contribution in [2.75, 3.05) is 0 Å². The minimum Gasteiger partial charge on any atom is -0.455 e. The summed E-state index contributed by atoms with van der Waals surface area (Å²) in [6.07, 6.45) is 2.08. The van der Waals surface area contributed by atoms with Crippen molar-refractivity contribution in [3.05, 3.63) is 90.6 Å². The first kappa shape index (κ1) is 15.8. The van der Waals surface area contributed by atoms with Gasteiger partial charge in [0.25, 0.3) is 0 Å². The number of furan rings is 1. The second-order valence-electron chi connectivity index (χ2n) is 6.98. The van der Waals surface area contributed by atoms with Crippen LogP contribution in [0.25, 0.3) is 44.3 Å². The van der Waals surface area contributed by atoms with Crippen molar-refractivity contribution in [1.82, 2.24) is 0 Å². The standard InChI is InChI=1S/C25H20NO/c1-17-16-20(18-10-4-3-5-11-18)24-19-12-6-7-14-22(19)27-25(24)23(17)21-13-8-9-15-26(21)2/h3-16H,1-2H3/q+1. The fourth-order valence-corrected chi connectivity index (χ4v) is 3.98. The largest absolute Gasteiger partial charge is 0.455 e. The van der Waals surface area contributed by atoms with Gasteiger partial charge in [0.05, 0.1) is 5.56 Å². The molecule has 3 aromatic carbocycles. The molecule has 0 atom stereocenters. The zero-order chi connectivity index (χ0) is 18.4. The quantitative estimate of drug-likeness (QED) is 0.354. The van der Waals surface area contributed by atoms with Crippen LogP contribution in [0.15, 0.2) is 89.5 Å². The maximum Gasteiger partial charge on any atom is 0.216 e. The molecule has 0 amide bonds. The van der Waals surface area contributed by atoms with Crippen molar-refractivity contribution in [3.8, 4) is 22.4 Å². The summed E-state index contributed by atoms with van der Waals surface area (Å²) in [7, 11) is 2.08. The second-order valence-corrected chi connectivity index (χ2v) is 6.98. The molecule has 0 unspecified atom stereocenters. The summed E-state index contributed by atoms with van der Waals surface area (Å²) < 4.78 is 8.57. The van der Waals surface area contributed by atoms with Crippen molar-refractivity contribution in [2.45, 2.75) is 6.92 Å². The van der Waals surface area contributed by atoms with E-state index in [9.17, 15) is 0 Å². The number of hydrogen-bond donors (Lipinski definition) is 0. The fraction of sp³-hybridized carbons (Fsp3) is 0.0800. The van der Waals surface area contributed by atoms with Crippen molar-refractivity contribution in [2.24, 2.45) is 7.05 Å². The molecule has 2 nitrogen and oxygen atoms in total. The van der Waals surface area contributed by atoms with Crippen LogP contribution in [0.5, 0.6) is 0 Å². The Morgan fingerprint density at radius 2 is 1.56 bits per heavy atom. The molecule has 0 saturated carbocycles. The fourth-order valence-electron chi connectivity index (χ4n) is 3.98. The van der Waals surface area contributed by atoms with Crippen molar-refractivity contribution >= 4 is 21.9 Å². The normalized spacial score (nSPS) is 11.3. The summed E-state index contributed by atoms with van der Waals surface area (Å²) >= 11 is 0. The van der Waals surface area contributed by atoms with Crippen LogP contribution in [0.1, 0.15) is 5.56 Å². The number of rotatable bonds is 2. The van der Waals surface area contributed by atoms with E-state index in [1.807, 2.05) is 18.2 Å². The van der Waals surface area contributed by atoms with Gasteiger partial charge in [-0.3, -0.25) is 0 Å². The molecule has 2 heterocycles. The van der Waals surface area contributed by atoms with Crippen LogP contribution in [-0.4, -0.2) is 0 Å². The van der Waals surface area contributed by atoms with E-state index in [-0.39, 0.29) is 0 Å². The molecule has 0 aliphatic heterocycles. The Morgan fingerprint density at radius 3 is 2.37 bits per heavy atom. The van der Waals surface area contributed by atoms with E-state index in [1.54, 1.807) is 0 Å². The number of aromatic nitrogens is 1. The van der Waals surface area contributed by atoms with Crippen LogP contribution in [0, 0.1) is 6.92 Å². The Hall–Kier alpha value is -3.39. The molecule has 0 saturated heterocycles. The van der Waals surface area contributed by atoms with Crippen molar-refractivity contribution in [1.29, 1.82) is 0 Å². The van der Waals surface area contributed by atoms with Gasteiger partial charge < -0.3 is 4.42 Å². The summed E-state index contributed by atoms with van der Waals surface area (Å²) in [5.41, 5.74) is 7.83. The van der Waals surface area contributed by atoms with Gasteiger partial charge >= 0.3 is 0 Å². The number of para-hydroxylation sites is 1. The lowest BCUT2D eigenvalue weighted by molar-refractivity contribution is -0.660. The van der Waals surface area contributed by atoms with E-state index in [4.69, 9.17) is 4.42 Å².